The molecular weight excluding hydrogens is 224 g/mol. The molecule has 0 unspecified atom stereocenters. The number of esters is 2. The van der Waals surface area contributed by atoms with Crippen molar-refractivity contribution in [2.75, 3.05) is 0 Å². The first-order valence-corrected chi connectivity index (χ1v) is 5.48. The highest BCUT2D eigenvalue weighted by Gasteiger charge is 2.36. The van der Waals surface area contributed by atoms with Crippen LogP contribution in [0.3, 0.4) is 0 Å². The van der Waals surface area contributed by atoms with Gasteiger partial charge in [0.2, 0.25) is 0 Å². The third-order valence-electron chi connectivity index (χ3n) is 2.69. The fourth-order valence-corrected chi connectivity index (χ4v) is 2.06. The zero-order chi connectivity index (χ0) is 12.4. The second-order valence-corrected chi connectivity index (χ2v) is 4.03. The number of rotatable bonds is 2. The maximum Gasteiger partial charge on any atom is 0.303 e. The smallest absolute Gasteiger partial charge is 0.303 e. The molecule has 0 N–H and O–H groups in total. The lowest BCUT2D eigenvalue weighted by atomic mass is 9.93. The summed E-state index contributed by atoms with van der Waals surface area (Å²) in [5.74, 6) is -0.226. The van der Waals surface area contributed by atoms with Gasteiger partial charge in [-0.2, -0.15) is 0 Å². The van der Waals surface area contributed by atoms with Crippen LogP contribution in [0.25, 0.3) is 0 Å². The highest BCUT2D eigenvalue weighted by molar-refractivity contribution is 5.67. The summed E-state index contributed by atoms with van der Waals surface area (Å²) < 4.78 is 15.6. The number of hydrogen-bond acceptors (Lipinski definition) is 5. The topological polar surface area (TPSA) is 65.7 Å². The first kappa shape index (κ1) is 11.7. The van der Waals surface area contributed by atoms with Crippen LogP contribution >= 0.6 is 0 Å². The van der Waals surface area contributed by atoms with Gasteiger partial charge in [0.1, 0.15) is 6.10 Å². The molecule has 0 fully saturated rings. The van der Waals surface area contributed by atoms with Gasteiger partial charge in [-0.1, -0.05) is 0 Å². The average molecular weight is 238 g/mol. The van der Waals surface area contributed by atoms with E-state index in [4.69, 9.17) is 13.9 Å². The van der Waals surface area contributed by atoms with E-state index in [1.54, 1.807) is 6.26 Å². The Balaban J connectivity index is 2.24. The van der Waals surface area contributed by atoms with E-state index >= 15 is 0 Å². The normalized spacial score (nSPS) is 22.7. The lowest BCUT2D eigenvalue weighted by Gasteiger charge is -2.29. The first-order valence-electron chi connectivity index (χ1n) is 5.48. The third kappa shape index (κ3) is 2.49. The van der Waals surface area contributed by atoms with Crippen LogP contribution in [-0.2, 0) is 25.5 Å². The molecule has 1 aliphatic rings. The Morgan fingerprint density at radius 1 is 1.29 bits per heavy atom. The molecule has 0 saturated carbocycles. The van der Waals surface area contributed by atoms with E-state index in [-0.39, 0.29) is 5.97 Å². The zero-order valence-electron chi connectivity index (χ0n) is 9.76. The Labute approximate surface area is 98.7 Å². The van der Waals surface area contributed by atoms with Crippen LogP contribution in [0.1, 0.15) is 37.7 Å². The van der Waals surface area contributed by atoms with Crippen LogP contribution in [0, 0.1) is 0 Å². The average Bonchev–Trinajstić information content (AvgIpc) is 2.68. The van der Waals surface area contributed by atoms with E-state index in [9.17, 15) is 9.59 Å². The van der Waals surface area contributed by atoms with E-state index in [1.165, 1.54) is 13.8 Å². The maximum absolute atomic E-state index is 11.1. The fourth-order valence-electron chi connectivity index (χ4n) is 2.06. The van der Waals surface area contributed by atoms with E-state index < -0.39 is 18.2 Å². The van der Waals surface area contributed by atoms with Gasteiger partial charge < -0.3 is 13.9 Å². The Morgan fingerprint density at radius 3 is 2.65 bits per heavy atom. The fraction of sp³-hybridized carbons (Fsp3) is 0.500. The molecule has 5 heteroatoms. The van der Waals surface area contributed by atoms with Crippen LogP contribution in [0.4, 0.5) is 0 Å². The molecule has 5 nitrogen and oxygen atoms in total. The Morgan fingerprint density at radius 2 is 2.00 bits per heavy atom. The molecule has 1 heterocycles. The quantitative estimate of drug-likeness (QED) is 0.734. The molecule has 0 amide bonds. The molecule has 0 spiro atoms. The van der Waals surface area contributed by atoms with Crippen molar-refractivity contribution in [2.45, 2.75) is 38.9 Å². The Hall–Kier alpha value is -1.78. The molecule has 92 valence electrons. The van der Waals surface area contributed by atoms with Crippen molar-refractivity contribution in [2.24, 2.45) is 0 Å². The predicted molar refractivity (Wildman–Crippen MR) is 57.1 cm³/mol. The number of carbonyl (C=O) groups is 2. The summed E-state index contributed by atoms with van der Waals surface area (Å²) in [6.45, 7) is 2.66. The number of carbonyl (C=O) groups excluding carboxylic acids is 2. The van der Waals surface area contributed by atoms with Gasteiger partial charge in [0.05, 0.1) is 6.26 Å². The molecule has 0 bridgehead atoms. The van der Waals surface area contributed by atoms with E-state index in [1.807, 2.05) is 6.07 Å². The van der Waals surface area contributed by atoms with Crippen molar-refractivity contribution in [1.29, 1.82) is 0 Å². The summed E-state index contributed by atoms with van der Waals surface area (Å²) in [6, 6.07) is 1.84. The summed E-state index contributed by atoms with van der Waals surface area (Å²) in [7, 11) is 0. The first-order chi connectivity index (χ1) is 8.08. The van der Waals surface area contributed by atoms with Crippen molar-refractivity contribution in [3.05, 3.63) is 23.7 Å². The lowest BCUT2D eigenvalue weighted by Crippen LogP contribution is -2.31. The van der Waals surface area contributed by atoms with Gasteiger partial charge in [-0.25, -0.2) is 0 Å². The maximum atomic E-state index is 11.1. The predicted octanol–water partition coefficient (Wildman–Crippen LogP) is 1.76. The second kappa shape index (κ2) is 4.61. The monoisotopic (exact) mass is 238 g/mol. The molecule has 1 aromatic heterocycles. The minimum absolute atomic E-state index is 0.387. The van der Waals surface area contributed by atoms with E-state index in [0.29, 0.717) is 12.2 Å². The summed E-state index contributed by atoms with van der Waals surface area (Å²) >= 11 is 0. The van der Waals surface area contributed by atoms with Gasteiger partial charge in [-0.3, -0.25) is 9.59 Å². The minimum atomic E-state index is -0.629. The SMILES string of the molecule is CC(=O)O[C@H]1CCc2ccoc2[C@H]1OC(C)=O. The van der Waals surface area contributed by atoms with Crippen LogP contribution < -0.4 is 0 Å². The van der Waals surface area contributed by atoms with Crippen LogP contribution in [-0.4, -0.2) is 18.0 Å². The molecule has 0 radical (unpaired) electrons. The standard InChI is InChI=1S/C12H14O5/c1-7(13)16-10-4-3-9-5-6-15-11(9)12(10)17-8(2)14/h5-6,10,12H,3-4H2,1-2H3/t10-,12-/m0/s1. The van der Waals surface area contributed by atoms with E-state index in [0.717, 1.165) is 12.0 Å². The lowest BCUT2D eigenvalue weighted by molar-refractivity contribution is -0.169. The second-order valence-electron chi connectivity index (χ2n) is 4.03. The molecule has 17 heavy (non-hydrogen) atoms. The van der Waals surface area contributed by atoms with Gasteiger partial charge in [0.25, 0.3) is 0 Å². The highest BCUT2D eigenvalue weighted by Crippen LogP contribution is 2.35. The molecule has 2 rings (SSSR count). The third-order valence-corrected chi connectivity index (χ3v) is 2.69. The van der Waals surface area contributed by atoms with Crippen molar-refractivity contribution in [3.63, 3.8) is 0 Å². The molecular formula is C12H14O5. The summed E-state index contributed by atoms with van der Waals surface area (Å²) in [5, 5.41) is 0. The number of ether oxygens (including phenoxy) is 2. The van der Waals surface area contributed by atoms with Gasteiger partial charge >= 0.3 is 11.9 Å². The summed E-state index contributed by atoms with van der Waals surface area (Å²) in [5.41, 5.74) is 1.000. The van der Waals surface area contributed by atoms with Crippen LogP contribution in [0.15, 0.2) is 16.7 Å². The Bertz CT molecular complexity index is 434. The molecule has 1 aromatic rings. The zero-order valence-corrected chi connectivity index (χ0v) is 9.76. The van der Waals surface area contributed by atoms with Crippen molar-refractivity contribution in [1.82, 2.24) is 0 Å². The number of furan rings is 1. The molecule has 1 aliphatic carbocycles. The number of fused-ring (bicyclic) bond motifs is 1. The Kier molecular flexibility index (Phi) is 3.17. The van der Waals surface area contributed by atoms with Crippen LogP contribution in [0.2, 0.25) is 0 Å². The largest absolute Gasteiger partial charge is 0.465 e. The van der Waals surface area contributed by atoms with Gasteiger partial charge in [-0.15, -0.1) is 0 Å². The molecule has 0 aliphatic heterocycles. The number of aryl methyl sites for hydroxylation is 1. The van der Waals surface area contributed by atoms with Gasteiger partial charge in [0, 0.05) is 13.8 Å². The number of hydrogen-bond donors (Lipinski definition) is 0. The van der Waals surface area contributed by atoms with Gasteiger partial charge in [-0.05, 0) is 24.5 Å². The molecule has 0 saturated heterocycles. The molecule has 0 aromatic carbocycles. The van der Waals surface area contributed by atoms with E-state index in [2.05, 4.69) is 0 Å². The summed E-state index contributed by atoms with van der Waals surface area (Å²) in [4.78, 5) is 22.1. The van der Waals surface area contributed by atoms with Crippen LogP contribution in [0.5, 0.6) is 0 Å². The van der Waals surface area contributed by atoms with Crippen molar-refractivity contribution < 1.29 is 23.5 Å². The van der Waals surface area contributed by atoms with Gasteiger partial charge in [0.15, 0.2) is 11.9 Å². The van der Waals surface area contributed by atoms with Crippen molar-refractivity contribution in [3.8, 4) is 0 Å². The summed E-state index contributed by atoms with van der Waals surface area (Å²) in [6.07, 6.45) is 1.84. The molecule has 2 atom stereocenters. The van der Waals surface area contributed by atoms with Crippen molar-refractivity contribution >= 4 is 11.9 Å². The minimum Gasteiger partial charge on any atom is -0.465 e. The highest BCUT2D eigenvalue weighted by atomic mass is 16.6.